The fourth-order valence-corrected chi connectivity index (χ4v) is 3.83. The Morgan fingerprint density at radius 3 is 2.69 bits per heavy atom. The van der Waals surface area contributed by atoms with Gasteiger partial charge < -0.3 is 25.6 Å². The normalized spacial score (nSPS) is 15.9. The molecular formula is C27H32N4O4. The third-order valence-corrected chi connectivity index (χ3v) is 5.64. The number of nitrogens with zero attached hydrogens (tertiary/aromatic N) is 1. The number of anilines is 1. The molecule has 1 aliphatic rings. The second kappa shape index (κ2) is 13.0. The predicted octanol–water partition coefficient (Wildman–Crippen LogP) is 3.23. The van der Waals surface area contributed by atoms with Gasteiger partial charge in [-0.2, -0.15) is 0 Å². The molecule has 3 amide bonds. The van der Waals surface area contributed by atoms with Gasteiger partial charge in [0.1, 0.15) is 12.6 Å². The molecule has 2 unspecified atom stereocenters. The number of nitrogens with one attached hydrogen (secondary N) is 3. The van der Waals surface area contributed by atoms with E-state index in [-0.39, 0.29) is 37.6 Å². The Hall–Kier alpha value is -4.07. The molecule has 0 radical (unpaired) electrons. The summed E-state index contributed by atoms with van der Waals surface area (Å²) >= 11 is 0. The molecule has 0 aromatic heterocycles. The van der Waals surface area contributed by atoms with E-state index in [1.165, 1.54) is 0 Å². The largest absolute Gasteiger partial charge is 0.445 e. The van der Waals surface area contributed by atoms with E-state index in [1.807, 2.05) is 54.6 Å². The molecule has 0 spiro atoms. The first-order chi connectivity index (χ1) is 17.0. The fourth-order valence-electron chi connectivity index (χ4n) is 3.83. The quantitative estimate of drug-likeness (QED) is 0.342. The number of ether oxygens (including phenoxy) is 1. The number of rotatable bonds is 11. The number of piperazine rings is 1. The maximum Gasteiger partial charge on any atom is 0.407 e. The van der Waals surface area contributed by atoms with Crippen molar-refractivity contribution in [1.29, 1.82) is 0 Å². The van der Waals surface area contributed by atoms with Crippen LogP contribution in [0.15, 0.2) is 79.9 Å². The number of amides is 3. The highest BCUT2D eigenvalue weighted by Crippen LogP contribution is 2.25. The van der Waals surface area contributed by atoms with Crippen LogP contribution in [0, 0.1) is 0 Å². The zero-order valence-electron chi connectivity index (χ0n) is 19.7. The molecule has 0 aliphatic carbocycles. The van der Waals surface area contributed by atoms with Gasteiger partial charge in [0, 0.05) is 18.8 Å². The SMILES string of the molecule is C=CCCNC(=O)C1CNC(=O)CN1c1cccc(C(CC=C)NC(=O)OCc2ccccc2)c1. The van der Waals surface area contributed by atoms with Gasteiger partial charge in [-0.3, -0.25) is 9.59 Å². The third kappa shape index (κ3) is 7.46. The lowest BCUT2D eigenvalue weighted by atomic mass is 10.0. The average Bonchev–Trinajstić information content (AvgIpc) is 2.88. The summed E-state index contributed by atoms with van der Waals surface area (Å²) < 4.78 is 5.37. The van der Waals surface area contributed by atoms with Crippen LogP contribution in [0.1, 0.15) is 30.0 Å². The zero-order chi connectivity index (χ0) is 25.0. The highest BCUT2D eigenvalue weighted by molar-refractivity contribution is 5.92. The van der Waals surface area contributed by atoms with Crippen molar-refractivity contribution in [2.75, 3.05) is 24.5 Å². The minimum absolute atomic E-state index is 0.0572. The smallest absolute Gasteiger partial charge is 0.407 e. The van der Waals surface area contributed by atoms with Crippen LogP contribution in [-0.4, -0.2) is 43.6 Å². The molecule has 8 nitrogen and oxygen atoms in total. The molecule has 1 heterocycles. The van der Waals surface area contributed by atoms with E-state index in [0.717, 1.165) is 16.8 Å². The summed E-state index contributed by atoms with van der Waals surface area (Å²) in [6.45, 7) is 8.39. The van der Waals surface area contributed by atoms with Gasteiger partial charge in [-0.25, -0.2) is 4.79 Å². The maximum atomic E-state index is 12.8. The van der Waals surface area contributed by atoms with Crippen molar-refractivity contribution < 1.29 is 19.1 Å². The van der Waals surface area contributed by atoms with Crippen LogP contribution >= 0.6 is 0 Å². The molecule has 35 heavy (non-hydrogen) atoms. The van der Waals surface area contributed by atoms with Gasteiger partial charge in [-0.15, -0.1) is 13.2 Å². The van der Waals surface area contributed by atoms with Crippen molar-refractivity contribution in [2.45, 2.75) is 31.5 Å². The van der Waals surface area contributed by atoms with Gasteiger partial charge in [0.05, 0.1) is 12.6 Å². The van der Waals surface area contributed by atoms with Crippen LogP contribution < -0.4 is 20.9 Å². The minimum Gasteiger partial charge on any atom is -0.445 e. The number of hydrogen-bond acceptors (Lipinski definition) is 5. The molecule has 3 rings (SSSR count). The maximum absolute atomic E-state index is 12.8. The molecule has 0 saturated carbocycles. The van der Waals surface area contributed by atoms with Gasteiger partial charge in [0.15, 0.2) is 0 Å². The van der Waals surface area contributed by atoms with E-state index in [1.54, 1.807) is 17.1 Å². The number of benzene rings is 2. The first-order valence-corrected chi connectivity index (χ1v) is 11.6. The topological polar surface area (TPSA) is 99.8 Å². The zero-order valence-corrected chi connectivity index (χ0v) is 19.7. The molecule has 1 saturated heterocycles. The lowest BCUT2D eigenvalue weighted by Gasteiger charge is -2.36. The summed E-state index contributed by atoms with van der Waals surface area (Å²) in [5, 5.41) is 8.55. The van der Waals surface area contributed by atoms with Crippen LogP contribution in [-0.2, 0) is 20.9 Å². The molecule has 1 fully saturated rings. The molecule has 0 bridgehead atoms. The molecule has 3 N–H and O–H groups in total. The lowest BCUT2D eigenvalue weighted by molar-refractivity contribution is -0.125. The monoisotopic (exact) mass is 476 g/mol. The molecule has 2 aromatic rings. The number of carbonyl (C=O) groups is 3. The van der Waals surface area contributed by atoms with Crippen LogP contribution in [0.2, 0.25) is 0 Å². The molecule has 184 valence electrons. The van der Waals surface area contributed by atoms with Crippen LogP contribution in [0.25, 0.3) is 0 Å². The minimum atomic E-state index is -0.547. The van der Waals surface area contributed by atoms with E-state index in [9.17, 15) is 14.4 Å². The van der Waals surface area contributed by atoms with Crippen molar-refractivity contribution in [1.82, 2.24) is 16.0 Å². The summed E-state index contributed by atoms with van der Waals surface area (Å²) in [4.78, 5) is 39.2. The van der Waals surface area contributed by atoms with Crippen LogP contribution in [0.4, 0.5) is 10.5 Å². The highest BCUT2D eigenvalue weighted by Gasteiger charge is 2.32. The number of carbonyl (C=O) groups excluding carboxylic acids is 3. The van der Waals surface area contributed by atoms with E-state index < -0.39 is 12.1 Å². The summed E-state index contributed by atoms with van der Waals surface area (Å²) in [5.41, 5.74) is 2.43. The summed E-state index contributed by atoms with van der Waals surface area (Å²) in [5.74, 6) is -0.321. The van der Waals surface area contributed by atoms with Crippen molar-refractivity contribution in [3.63, 3.8) is 0 Å². The van der Waals surface area contributed by atoms with Crippen molar-refractivity contribution in [3.8, 4) is 0 Å². The molecule has 8 heteroatoms. The summed E-state index contributed by atoms with van der Waals surface area (Å²) in [6, 6.07) is 16.0. The Bertz CT molecular complexity index is 1040. The van der Waals surface area contributed by atoms with Crippen molar-refractivity contribution >= 4 is 23.6 Å². The van der Waals surface area contributed by atoms with Gasteiger partial charge >= 0.3 is 6.09 Å². The van der Waals surface area contributed by atoms with Gasteiger partial charge in [-0.1, -0.05) is 54.6 Å². The highest BCUT2D eigenvalue weighted by atomic mass is 16.5. The third-order valence-electron chi connectivity index (χ3n) is 5.64. The Morgan fingerprint density at radius 2 is 1.94 bits per heavy atom. The summed E-state index contributed by atoms with van der Waals surface area (Å²) in [6.07, 6.45) is 4.06. The average molecular weight is 477 g/mol. The molecular weight excluding hydrogens is 444 g/mol. The Balaban J connectivity index is 1.73. The molecule has 2 atom stereocenters. The standard InChI is InChI=1S/C27H32N4O4/c1-3-5-15-28-26(33)24-17-29-25(32)18-31(24)22-14-9-13-21(16-22)23(10-4-2)30-27(34)35-19-20-11-7-6-8-12-20/h3-4,6-9,11-14,16,23-24H,1-2,5,10,15,17-19H2,(H,28,33)(H,29,32)(H,30,34). The summed E-state index contributed by atoms with van der Waals surface area (Å²) in [7, 11) is 0. The lowest BCUT2D eigenvalue weighted by Crippen LogP contribution is -2.60. The Morgan fingerprint density at radius 1 is 1.14 bits per heavy atom. The van der Waals surface area contributed by atoms with E-state index in [0.29, 0.717) is 19.4 Å². The van der Waals surface area contributed by atoms with E-state index in [2.05, 4.69) is 29.1 Å². The van der Waals surface area contributed by atoms with Crippen molar-refractivity contribution in [3.05, 3.63) is 91.0 Å². The van der Waals surface area contributed by atoms with E-state index >= 15 is 0 Å². The fraction of sp³-hybridized carbons (Fsp3) is 0.296. The number of hydrogen-bond donors (Lipinski definition) is 3. The van der Waals surface area contributed by atoms with Crippen molar-refractivity contribution in [2.24, 2.45) is 0 Å². The van der Waals surface area contributed by atoms with E-state index in [4.69, 9.17) is 4.74 Å². The molecule has 1 aliphatic heterocycles. The number of alkyl carbamates (subject to hydrolysis) is 1. The van der Waals surface area contributed by atoms with Crippen LogP contribution in [0.5, 0.6) is 0 Å². The van der Waals surface area contributed by atoms with Gasteiger partial charge in [-0.05, 0) is 36.1 Å². The Kier molecular flexibility index (Phi) is 9.48. The molecule has 2 aromatic carbocycles. The second-order valence-corrected chi connectivity index (χ2v) is 8.19. The van der Waals surface area contributed by atoms with Gasteiger partial charge in [0.25, 0.3) is 0 Å². The van der Waals surface area contributed by atoms with Crippen LogP contribution in [0.3, 0.4) is 0 Å². The first-order valence-electron chi connectivity index (χ1n) is 11.6. The van der Waals surface area contributed by atoms with Gasteiger partial charge in [0.2, 0.25) is 11.8 Å². The second-order valence-electron chi connectivity index (χ2n) is 8.19. The first kappa shape index (κ1) is 25.6. The predicted molar refractivity (Wildman–Crippen MR) is 136 cm³/mol. The Labute approximate surface area is 206 Å².